The molecule has 0 amide bonds. The summed E-state index contributed by atoms with van der Waals surface area (Å²) in [6.07, 6.45) is 0.0534. The molecule has 1 aliphatic rings. The highest BCUT2D eigenvalue weighted by Gasteiger charge is 2.40. The van der Waals surface area contributed by atoms with Gasteiger partial charge in [0.1, 0.15) is 29.5 Å². The Morgan fingerprint density at radius 3 is 2.57 bits per heavy atom. The summed E-state index contributed by atoms with van der Waals surface area (Å²) in [6.45, 7) is 8.44. The molecule has 8 heteroatoms. The van der Waals surface area contributed by atoms with Gasteiger partial charge in [0.2, 0.25) is 0 Å². The largest absolute Gasteiger partial charge is 0.489 e. The molecule has 0 saturated heterocycles. The average molecular weight is 413 g/mol. The van der Waals surface area contributed by atoms with Crippen LogP contribution in [-0.2, 0) is 4.79 Å². The third-order valence-electron chi connectivity index (χ3n) is 5.17. The van der Waals surface area contributed by atoms with E-state index in [1.165, 1.54) is 25.1 Å². The molecule has 1 unspecified atom stereocenters. The van der Waals surface area contributed by atoms with Crippen molar-refractivity contribution in [3.05, 3.63) is 56.6 Å². The van der Waals surface area contributed by atoms with E-state index < -0.39 is 16.5 Å². The second-order valence-electron chi connectivity index (χ2n) is 7.70. The highest BCUT2D eigenvalue weighted by molar-refractivity contribution is 6.03. The Bertz CT molecular complexity index is 1060. The van der Waals surface area contributed by atoms with E-state index in [1.807, 2.05) is 0 Å². The molecule has 0 radical (unpaired) electrons. The highest BCUT2D eigenvalue weighted by Crippen LogP contribution is 2.44. The number of nitro benzene ring substituents is 1. The van der Waals surface area contributed by atoms with Crippen molar-refractivity contribution in [1.29, 1.82) is 0 Å². The number of nitro groups is 1. The molecule has 0 aromatic heterocycles. The average Bonchev–Trinajstić information content (AvgIpc) is 2.67. The number of benzene rings is 2. The summed E-state index contributed by atoms with van der Waals surface area (Å²) >= 11 is 0. The normalized spacial score (nSPS) is 17.7. The minimum Gasteiger partial charge on any atom is -0.489 e. The maximum Gasteiger partial charge on any atom is 0.308 e. The van der Waals surface area contributed by atoms with E-state index in [4.69, 9.17) is 14.2 Å². The molecule has 0 bridgehead atoms. The fraction of sp³-hybridized carbons (Fsp3) is 0.364. The summed E-state index contributed by atoms with van der Waals surface area (Å²) in [5, 5.41) is 10.9. The van der Waals surface area contributed by atoms with Crippen LogP contribution in [0.3, 0.4) is 0 Å². The summed E-state index contributed by atoms with van der Waals surface area (Å²) in [7, 11) is 0. The maximum absolute atomic E-state index is 13.0. The zero-order valence-corrected chi connectivity index (χ0v) is 17.5. The van der Waals surface area contributed by atoms with Crippen molar-refractivity contribution in [2.24, 2.45) is 0 Å². The first kappa shape index (κ1) is 21.3. The minimum atomic E-state index is -0.957. The van der Waals surface area contributed by atoms with E-state index in [1.54, 1.807) is 33.8 Å². The topological polar surface area (TPSA) is 105 Å². The molecule has 0 fully saturated rings. The highest BCUT2D eigenvalue weighted by atomic mass is 16.6. The van der Waals surface area contributed by atoms with Crippen LogP contribution in [0, 0.1) is 30.9 Å². The van der Waals surface area contributed by atoms with Crippen molar-refractivity contribution in [2.45, 2.75) is 46.6 Å². The predicted octanol–water partition coefficient (Wildman–Crippen LogP) is 4.25. The number of rotatable bonds is 5. The van der Waals surface area contributed by atoms with Crippen LogP contribution in [0.4, 0.5) is 5.69 Å². The molecule has 0 saturated carbocycles. The van der Waals surface area contributed by atoms with E-state index in [0.717, 1.165) is 5.56 Å². The molecule has 1 atom stereocenters. The molecule has 2 aromatic carbocycles. The van der Waals surface area contributed by atoms with Crippen LogP contribution in [0.2, 0.25) is 0 Å². The molecule has 0 spiro atoms. The van der Waals surface area contributed by atoms with Gasteiger partial charge >= 0.3 is 5.97 Å². The van der Waals surface area contributed by atoms with Crippen molar-refractivity contribution >= 4 is 17.4 Å². The smallest absolute Gasteiger partial charge is 0.308 e. The van der Waals surface area contributed by atoms with Gasteiger partial charge in [-0.3, -0.25) is 19.7 Å². The van der Waals surface area contributed by atoms with Crippen molar-refractivity contribution < 1.29 is 28.7 Å². The van der Waals surface area contributed by atoms with Gasteiger partial charge in [-0.1, -0.05) is 6.07 Å². The number of carbonyl (C=O) groups excluding carboxylic acids is 2. The first-order chi connectivity index (χ1) is 14.0. The summed E-state index contributed by atoms with van der Waals surface area (Å²) in [4.78, 5) is 34.9. The Morgan fingerprint density at radius 2 is 1.93 bits per heavy atom. The molecule has 30 heavy (non-hydrogen) atoms. The van der Waals surface area contributed by atoms with Crippen LogP contribution in [0.1, 0.15) is 47.3 Å². The quantitative estimate of drug-likeness (QED) is 0.312. The van der Waals surface area contributed by atoms with Gasteiger partial charge < -0.3 is 14.2 Å². The second kappa shape index (κ2) is 7.78. The van der Waals surface area contributed by atoms with Gasteiger partial charge in [0.15, 0.2) is 5.78 Å². The summed E-state index contributed by atoms with van der Waals surface area (Å²) in [5.74, 6) is 0.548. The van der Waals surface area contributed by atoms with E-state index in [0.29, 0.717) is 33.9 Å². The number of hydrogen-bond acceptors (Lipinski definition) is 7. The maximum atomic E-state index is 13.0. The van der Waals surface area contributed by atoms with Gasteiger partial charge in [0.25, 0.3) is 5.69 Å². The Balaban J connectivity index is 1.91. The molecule has 1 heterocycles. The molecule has 158 valence electrons. The van der Waals surface area contributed by atoms with Crippen LogP contribution in [0.5, 0.6) is 17.2 Å². The molecule has 8 nitrogen and oxygen atoms in total. The Hall–Kier alpha value is -3.42. The molecule has 1 aliphatic heterocycles. The fourth-order valence-electron chi connectivity index (χ4n) is 3.57. The third-order valence-corrected chi connectivity index (χ3v) is 5.17. The summed E-state index contributed by atoms with van der Waals surface area (Å²) < 4.78 is 17.3. The van der Waals surface area contributed by atoms with Crippen LogP contribution in [0.15, 0.2) is 24.3 Å². The van der Waals surface area contributed by atoms with E-state index in [9.17, 15) is 19.7 Å². The zero-order chi connectivity index (χ0) is 22.2. The van der Waals surface area contributed by atoms with Crippen molar-refractivity contribution in [2.75, 3.05) is 6.61 Å². The molecule has 3 rings (SSSR count). The van der Waals surface area contributed by atoms with Crippen LogP contribution in [-0.4, -0.2) is 28.9 Å². The molecule has 2 aromatic rings. The first-order valence-electron chi connectivity index (χ1n) is 9.44. The minimum absolute atomic E-state index is 0.0303. The number of hydrogen-bond donors (Lipinski definition) is 0. The van der Waals surface area contributed by atoms with Gasteiger partial charge in [-0.05, 0) is 44.9 Å². The van der Waals surface area contributed by atoms with Crippen molar-refractivity contribution in [3.8, 4) is 17.2 Å². The van der Waals surface area contributed by atoms with Crippen LogP contribution in [0.25, 0.3) is 0 Å². The lowest BCUT2D eigenvalue weighted by atomic mass is 9.86. The Morgan fingerprint density at radius 1 is 1.23 bits per heavy atom. The van der Waals surface area contributed by atoms with Gasteiger partial charge in [-0.25, -0.2) is 0 Å². The van der Waals surface area contributed by atoms with Gasteiger partial charge in [-0.15, -0.1) is 0 Å². The SMILES string of the molecule is CC(=O)Oc1c(C)c(C)c2c(c1C)C(=O)CC(C)(COc1cccc([N+](=O)[O-])c1)O2. The van der Waals surface area contributed by atoms with Crippen molar-refractivity contribution in [3.63, 3.8) is 0 Å². The number of fused-ring (bicyclic) bond motifs is 1. The second-order valence-corrected chi connectivity index (χ2v) is 7.70. The lowest BCUT2D eigenvalue weighted by Crippen LogP contribution is -2.45. The number of esters is 1. The fourth-order valence-corrected chi connectivity index (χ4v) is 3.57. The first-order valence-corrected chi connectivity index (χ1v) is 9.44. The monoisotopic (exact) mass is 413 g/mol. The van der Waals surface area contributed by atoms with E-state index in [-0.39, 0.29) is 24.5 Å². The summed E-state index contributed by atoms with van der Waals surface area (Å²) in [6, 6.07) is 5.85. The van der Waals surface area contributed by atoms with Crippen molar-refractivity contribution in [1.82, 2.24) is 0 Å². The standard InChI is InChI=1S/C22H23NO7/c1-12-13(2)21-19(14(3)20(12)29-15(4)24)18(25)10-22(5,30-21)11-28-17-8-6-7-16(9-17)23(26)27/h6-9H,10-11H2,1-5H3. The number of non-ortho nitro benzene ring substituents is 1. The third kappa shape index (κ3) is 3.98. The molecule has 0 N–H and O–H groups in total. The lowest BCUT2D eigenvalue weighted by molar-refractivity contribution is -0.384. The van der Waals surface area contributed by atoms with Gasteiger partial charge in [-0.2, -0.15) is 0 Å². The number of carbonyl (C=O) groups is 2. The number of ether oxygens (including phenoxy) is 3. The number of Topliss-reactive ketones (excluding diaryl/α,β-unsaturated/α-hetero) is 1. The summed E-state index contributed by atoms with van der Waals surface area (Å²) in [5.41, 5.74) is 1.36. The van der Waals surface area contributed by atoms with E-state index in [2.05, 4.69) is 0 Å². The molecular weight excluding hydrogens is 390 g/mol. The Kier molecular flexibility index (Phi) is 5.52. The van der Waals surface area contributed by atoms with Gasteiger partial charge in [0, 0.05) is 18.6 Å². The lowest BCUT2D eigenvalue weighted by Gasteiger charge is -2.36. The van der Waals surface area contributed by atoms with Crippen LogP contribution < -0.4 is 14.2 Å². The van der Waals surface area contributed by atoms with Crippen LogP contribution >= 0.6 is 0 Å². The molecular formula is C22H23NO7. The predicted molar refractivity (Wildman–Crippen MR) is 109 cm³/mol. The van der Waals surface area contributed by atoms with Gasteiger partial charge in [0.05, 0.1) is 23.0 Å². The number of ketones is 1. The van der Waals surface area contributed by atoms with E-state index >= 15 is 0 Å². The number of nitrogens with zero attached hydrogens (tertiary/aromatic N) is 1. The Labute approximate surface area is 173 Å². The zero-order valence-electron chi connectivity index (χ0n) is 17.5. The molecule has 0 aliphatic carbocycles.